The molecule has 66 valence electrons. The molecule has 0 radical (unpaired) electrons. The molecule has 0 aliphatic heterocycles. The highest BCUT2D eigenvalue weighted by molar-refractivity contribution is 5.89. The van der Waals surface area contributed by atoms with Crippen molar-refractivity contribution < 1.29 is 4.79 Å². The fourth-order valence-electron chi connectivity index (χ4n) is 0.732. The second kappa shape index (κ2) is 7.99. The summed E-state index contributed by atoms with van der Waals surface area (Å²) in [5, 5.41) is 0. The molecular formula is C11H16O. The van der Waals surface area contributed by atoms with Gasteiger partial charge in [-0.3, -0.25) is 4.79 Å². The van der Waals surface area contributed by atoms with Crippen LogP contribution in [0.25, 0.3) is 0 Å². The van der Waals surface area contributed by atoms with Crippen LogP contribution in [0.1, 0.15) is 26.7 Å². The van der Waals surface area contributed by atoms with Crippen molar-refractivity contribution in [3.63, 3.8) is 0 Å². The molecule has 0 unspecified atom stereocenters. The minimum atomic E-state index is 0.197. The van der Waals surface area contributed by atoms with Gasteiger partial charge in [0.05, 0.1) is 0 Å². The highest BCUT2D eigenvalue weighted by Gasteiger charge is 1.89. The summed E-state index contributed by atoms with van der Waals surface area (Å²) in [6.07, 6.45) is 12.6. The highest BCUT2D eigenvalue weighted by Crippen LogP contribution is 1.90. The third-order valence-corrected chi connectivity index (χ3v) is 1.30. The molecule has 0 bridgehead atoms. The highest BCUT2D eigenvalue weighted by atomic mass is 16.1. The van der Waals surface area contributed by atoms with Gasteiger partial charge in [-0.05, 0) is 19.4 Å². The number of carbonyl (C=O) groups excluding carboxylic acids is 1. The first kappa shape index (κ1) is 10.9. The van der Waals surface area contributed by atoms with Gasteiger partial charge in [0, 0.05) is 6.42 Å². The van der Waals surface area contributed by atoms with E-state index < -0.39 is 0 Å². The summed E-state index contributed by atoms with van der Waals surface area (Å²) < 4.78 is 0. The van der Waals surface area contributed by atoms with Crippen molar-refractivity contribution in [1.29, 1.82) is 0 Å². The SMILES string of the molecule is C/C=C/C=C/C=C/C(=O)CCC. The second-order valence-electron chi connectivity index (χ2n) is 2.49. The predicted octanol–water partition coefficient (Wildman–Crippen LogP) is 3.04. The number of rotatable bonds is 5. The van der Waals surface area contributed by atoms with E-state index in [0.29, 0.717) is 6.42 Å². The van der Waals surface area contributed by atoms with Gasteiger partial charge >= 0.3 is 0 Å². The van der Waals surface area contributed by atoms with Gasteiger partial charge < -0.3 is 0 Å². The number of allylic oxidation sites excluding steroid dienone is 6. The molecule has 0 fully saturated rings. The number of ketones is 1. The summed E-state index contributed by atoms with van der Waals surface area (Å²) >= 11 is 0. The minimum Gasteiger partial charge on any atom is -0.295 e. The van der Waals surface area contributed by atoms with Gasteiger partial charge in [-0.1, -0.05) is 37.3 Å². The predicted molar refractivity (Wildman–Crippen MR) is 53.0 cm³/mol. The fourth-order valence-corrected chi connectivity index (χ4v) is 0.732. The monoisotopic (exact) mass is 164 g/mol. The Kier molecular flexibility index (Phi) is 7.25. The van der Waals surface area contributed by atoms with E-state index in [2.05, 4.69) is 0 Å². The zero-order chi connectivity index (χ0) is 9.23. The molecule has 0 N–H and O–H groups in total. The molecule has 0 aromatic carbocycles. The molecule has 0 heterocycles. The Balaban J connectivity index is 3.67. The average molecular weight is 164 g/mol. The maximum atomic E-state index is 10.9. The normalized spacial score (nSPS) is 12.2. The van der Waals surface area contributed by atoms with Crippen LogP contribution in [0.3, 0.4) is 0 Å². The Hall–Kier alpha value is -1.11. The number of hydrogen-bond donors (Lipinski definition) is 0. The van der Waals surface area contributed by atoms with Gasteiger partial charge in [-0.25, -0.2) is 0 Å². The van der Waals surface area contributed by atoms with Crippen molar-refractivity contribution in [3.05, 3.63) is 36.5 Å². The van der Waals surface area contributed by atoms with Gasteiger partial charge in [0.1, 0.15) is 0 Å². The van der Waals surface area contributed by atoms with E-state index in [1.165, 1.54) is 0 Å². The molecular weight excluding hydrogens is 148 g/mol. The quantitative estimate of drug-likeness (QED) is 0.451. The van der Waals surface area contributed by atoms with E-state index in [4.69, 9.17) is 0 Å². The second-order valence-corrected chi connectivity index (χ2v) is 2.49. The molecule has 0 spiro atoms. The van der Waals surface area contributed by atoms with Gasteiger partial charge in [0.15, 0.2) is 5.78 Å². The van der Waals surface area contributed by atoms with E-state index >= 15 is 0 Å². The summed E-state index contributed by atoms with van der Waals surface area (Å²) in [6.45, 7) is 3.96. The van der Waals surface area contributed by atoms with E-state index in [1.807, 2.05) is 38.2 Å². The minimum absolute atomic E-state index is 0.197. The fraction of sp³-hybridized carbons (Fsp3) is 0.364. The maximum Gasteiger partial charge on any atom is 0.155 e. The summed E-state index contributed by atoms with van der Waals surface area (Å²) in [7, 11) is 0. The van der Waals surface area contributed by atoms with Crippen LogP contribution in [0, 0.1) is 0 Å². The topological polar surface area (TPSA) is 17.1 Å². The summed E-state index contributed by atoms with van der Waals surface area (Å²) in [5.74, 6) is 0.197. The first-order chi connectivity index (χ1) is 5.81. The maximum absolute atomic E-state index is 10.9. The van der Waals surface area contributed by atoms with Crippen LogP contribution in [-0.2, 0) is 4.79 Å². The standard InChI is InChI=1S/C11H16O/c1-3-5-6-7-8-10-11(12)9-4-2/h3,5-8,10H,4,9H2,1-2H3/b5-3+,7-6+,10-8+. The van der Waals surface area contributed by atoms with Crippen LogP contribution < -0.4 is 0 Å². The lowest BCUT2D eigenvalue weighted by Gasteiger charge is -1.85. The van der Waals surface area contributed by atoms with E-state index in [0.717, 1.165) is 6.42 Å². The van der Waals surface area contributed by atoms with Gasteiger partial charge in [-0.15, -0.1) is 0 Å². The van der Waals surface area contributed by atoms with E-state index in [-0.39, 0.29) is 5.78 Å². The van der Waals surface area contributed by atoms with Crippen LogP contribution in [0.4, 0.5) is 0 Å². The first-order valence-corrected chi connectivity index (χ1v) is 4.30. The lowest BCUT2D eigenvalue weighted by Crippen LogP contribution is -1.88. The Morgan fingerprint density at radius 3 is 2.42 bits per heavy atom. The summed E-state index contributed by atoms with van der Waals surface area (Å²) in [4.78, 5) is 10.9. The summed E-state index contributed by atoms with van der Waals surface area (Å²) in [5.41, 5.74) is 0. The third kappa shape index (κ3) is 7.00. The molecule has 0 aromatic rings. The first-order valence-electron chi connectivity index (χ1n) is 4.30. The Morgan fingerprint density at radius 1 is 1.17 bits per heavy atom. The molecule has 0 aliphatic carbocycles. The van der Waals surface area contributed by atoms with Crippen molar-refractivity contribution in [2.45, 2.75) is 26.7 Å². The molecule has 0 aliphatic rings. The van der Waals surface area contributed by atoms with E-state index in [9.17, 15) is 4.79 Å². The third-order valence-electron chi connectivity index (χ3n) is 1.30. The zero-order valence-electron chi connectivity index (χ0n) is 7.79. The molecule has 0 saturated heterocycles. The summed E-state index contributed by atoms with van der Waals surface area (Å²) in [6, 6.07) is 0. The molecule has 1 heteroatoms. The molecule has 0 atom stereocenters. The van der Waals surface area contributed by atoms with Gasteiger partial charge in [0.25, 0.3) is 0 Å². The lowest BCUT2D eigenvalue weighted by atomic mass is 10.2. The zero-order valence-corrected chi connectivity index (χ0v) is 7.79. The molecule has 0 amide bonds. The average Bonchev–Trinajstić information content (AvgIpc) is 2.05. The van der Waals surface area contributed by atoms with Crippen molar-refractivity contribution in [1.82, 2.24) is 0 Å². The lowest BCUT2D eigenvalue weighted by molar-refractivity contribution is -0.114. The van der Waals surface area contributed by atoms with E-state index in [1.54, 1.807) is 12.2 Å². The largest absolute Gasteiger partial charge is 0.295 e. The molecule has 0 saturated carbocycles. The van der Waals surface area contributed by atoms with Gasteiger partial charge in [-0.2, -0.15) is 0 Å². The molecule has 12 heavy (non-hydrogen) atoms. The Morgan fingerprint density at radius 2 is 1.83 bits per heavy atom. The van der Waals surface area contributed by atoms with Gasteiger partial charge in [0.2, 0.25) is 0 Å². The smallest absolute Gasteiger partial charge is 0.155 e. The van der Waals surface area contributed by atoms with Crippen LogP contribution in [0.2, 0.25) is 0 Å². The Labute approximate surface area is 74.5 Å². The van der Waals surface area contributed by atoms with Crippen LogP contribution >= 0.6 is 0 Å². The Bertz CT molecular complexity index is 197. The number of carbonyl (C=O) groups is 1. The number of hydrogen-bond acceptors (Lipinski definition) is 1. The van der Waals surface area contributed by atoms with Crippen LogP contribution in [-0.4, -0.2) is 5.78 Å². The van der Waals surface area contributed by atoms with Crippen LogP contribution in [0.5, 0.6) is 0 Å². The van der Waals surface area contributed by atoms with Crippen molar-refractivity contribution in [3.8, 4) is 0 Å². The molecule has 0 aromatic heterocycles. The van der Waals surface area contributed by atoms with Crippen molar-refractivity contribution in [2.75, 3.05) is 0 Å². The van der Waals surface area contributed by atoms with Crippen molar-refractivity contribution >= 4 is 5.78 Å². The van der Waals surface area contributed by atoms with Crippen LogP contribution in [0.15, 0.2) is 36.5 Å². The molecule has 1 nitrogen and oxygen atoms in total. The molecule has 0 rings (SSSR count). The van der Waals surface area contributed by atoms with Crippen molar-refractivity contribution in [2.24, 2.45) is 0 Å².